The highest BCUT2D eigenvalue weighted by Crippen LogP contribution is 2.34. The van der Waals surface area contributed by atoms with Gasteiger partial charge >= 0.3 is 0 Å². The number of carbonyl (C=O) groups excluding carboxylic acids is 1. The minimum atomic E-state index is -0.277. The summed E-state index contributed by atoms with van der Waals surface area (Å²) in [4.78, 5) is 22.8. The Bertz CT molecular complexity index is 1570. The first-order valence-electron chi connectivity index (χ1n) is 12.3. The molecule has 9 nitrogen and oxygen atoms in total. The van der Waals surface area contributed by atoms with Crippen LogP contribution < -0.4 is 5.32 Å². The Hall–Kier alpha value is -3.73. The number of hydrogen-bond acceptors (Lipinski definition) is 7. The molecule has 1 aliphatic heterocycles. The minimum absolute atomic E-state index is 0.277. The number of piperidine rings is 1. The number of nitrogens with one attached hydrogen (secondary N) is 1. The number of aromatic nitrogens is 6. The van der Waals surface area contributed by atoms with Gasteiger partial charge in [0.15, 0.2) is 5.65 Å². The number of fused-ring (bicyclic) bond motifs is 1. The second-order valence-electron chi connectivity index (χ2n) is 9.21. The van der Waals surface area contributed by atoms with E-state index in [1.165, 1.54) is 6.20 Å². The van der Waals surface area contributed by atoms with Crippen LogP contribution in [0, 0.1) is 6.92 Å². The minimum Gasteiger partial charge on any atom is -0.306 e. The summed E-state index contributed by atoms with van der Waals surface area (Å²) in [5.74, 6) is 0.630. The molecule has 11 heteroatoms. The summed E-state index contributed by atoms with van der Waals surface area (Å²) in [6, 6.07) is 15.7. The topological polar surface area (TPSA) is 93.2 Å². The zero-order valence-electron chi connectivity index (χ0n) is 20.7. The van der Waals surface area contributed by atoms with E-state index >= 15 is 0 Å². The number of amides is 1. The molecule has 192 valence electrons. The summed E-state index contributed by atoms with van der Waals surface area (Å²) in [6.07, 6.45) is 8.68. The number of pyridine rings is 1. The van der Waals surface area contributed by atoms with E-state index in [1.807, 2.05) is 54.1 Å². The summed E-state index contributed by atoms with van der Waals surface area (Å²) < 4.78 is 5.75. The molecular weight excluding hydrogens is 520 g/mol. The number of halogens is 1. The Morgan fingerprint density at radius 3 is 2.66 bits per heavy atom. The Morgan fingerprint density at radius 1 is 1.08 bits per heavy atom. The van der Waals surface area contributed by atoms with Gasteiger partial charge in [-0.05, 0) is 62.0 Å². The van der Waals surface area contributed by atoms with Gasteiger partial charge in [0, 0.05) is 48.6 Å². The SMILES string of the molecule is Cc1ccc(-n2nc(C3CCN(Sc4ccc(Cl)nc4)CC3)cc2NC(=O)c2cnn3cccnc23)cc1. The van der Waals surface area contributed by atoms with Crippen LogP contribution in [0.15, 0.2) is 78.2 Å². The van der Waals surface area contributed by atoms with Gasteiger partial charge in [-0.1, -0.05) is 29.3 Å². The van der Waals surface area contributed by atoms with Gasteiger partial charge in [-0.15, -0.1) is 0 Å². The molecule has 4 aromatic heterocycles. The summed E-state index contributed by atoms with van der Waals surface area (Å²) in [6.45, 7) is 3.89. The maximum Gasteiger partial charge on any atom is 0.262 e. The molecule has 0 saturated carbocycles. The fraction of sp³-hybridized carbons (Fsp3) is 0.222. The average Bonchev–Trinajstić information content (AvgIpc) is 3.56. The van der Waals surface area contributed by atoms with Gasteiger partial charge in [0.25, 0.3) is 5.91 Å². The predicted molar refractivity (Wildman–Crippen MR) is 148 cm³/mol. The molecule has 38 heavy (non-hydrogen) atoms. The standard InChI is InChI=1S/C27H25ClN8OS/c1-18-3-5-20(6-4-18)36-25(32-27(37)22-17-31-35-12-2-11-29-26(22)35)15-23(33-36)19-9-13-34(14-10-19)38-21-7-8-24(28)30-16-21/h2-8,11-12,15-17,19H,9-10,13-14H2,1H3,(H,32,37). The molecule has 0 aliphatic carbocycles. The lowest BCUT2D eigenvalue weighted by Crippen LogP contribution is -2.27. The predicted octanol–water partition coefficient (Wildman–Crippen LogP) is 5.41. The number of rotatable bonds is 6. The molecule has 1 aromatic carbocycles. The normalized spacial score (nSPS) is 14.7. The van der Waals surface area contributed by atoms with Crippen LogP contribution in [0.1, 0.15) is 40.4 Å². The van der Waals surface area contributed by atoms with E-state index in [9.17, 15) is 4.79 Å². The Labute approximate surface area is 229 Å². The summed E-state index contributed by atoms with van der Waals surface area (Å²) in [5.41, 5.74) is 3.93. The van der Waals surface area contributed by atoms with Crippen molar-refractivity contribution in [2.75, 3.05) is 18.4 Å². The van der Waals surface area contributed by atoms with Gasteiger partial charge < -0.3 is 5.32 Å². The summed E-state index contributed by atoms with van der Waals surface area (Å²) >= 11 is 7.62. The highest BCUT2D eigenvalue weighted by molar-refractivity contribution is 7.97. The molecule has 1 fully saturated rings. The third-order valence-corrected chi connectivity index (χ3v) is 7.88. The Kier molecular flexibility index (Phi) is 6.84. The molecule has 6 rings (SSSR count). The summed E-state index contributed by atoms with van der Waals surface area (Å²) in [5, 5.41) is 12.8. The molecule has 1 saturated heterocycles. The van der Waals surface area contributed by atoms with Crippen molar-refractivity contribution in [3.05, 3.63) is 95.3 Å². The average molecular weight is 545 g/mol. The smallest absolute Gasteiger partial charge is 0.262 e. The molecule has 5 heterocycles. The molecule has 1 aliphatic rings. The van der Waals surface area contributed by atoms with E-state index in [2.05, 4.69) is 24.7 Å². The molecule has 0 spiro atoms. The van der Waals surface area contributed by atoms with Crippen molar-refractivity contribution >= 4 is 40.9 Å². The molecule has 5 aromatic rings. The fourth-order valence-electron chi connectivity index (χ4n) is 4.55. The lowest BCUT2D eigenvalue weighted by atomic mass is 9.95. The fourth-order valence-corrected chi connectivity index (χ4v) is 5.58. The second kappa shape index (κ2) is 10.6. The van der Waals surface area contributed by atoms with Crippen molar-refractivity contribution in [3.8, 4) is 5.69 Å². The number of carbonyl (C=O) groups is 1. The first-order valence-corrected chi connectivity index (χ1v) is 13.5. The van der Waals surface area contributed by atoms with Crippen LogP contribution in [0.5, 0.6) is 0 Å². The van der Waals surface area contributed by atoms with Crippen LogP contribution in [0.4, 0.5) is 5.82 Å². The Morgan fingerprint density at radius 2 is 1.89 bits per heavy atom. The van der Waals surface area contributed by atoms with Gasteiger partial charge in [-0.3, -0.25) is 4.79 Å². The molecule has 0 atom stereocenters. The van der Waals surface area contributed by atoms with Crippen LogP contribution in [-0.2, 0) is 0 Å². The van der Waals surface area contributed by atoms with Crippen LogP contribution >= 0.6 is 23.5 Å². The van der Waals surface area contributed by atoms with Crippen LogP contribution in [0.2, 0.25) is 5.15 Å². The number of anilines is 1. The van der Waals surface area contributed by atoms with Crippen molar-refractivity contribution in [2.24, 2.45) is 0 Å². The second-order valence-corrected chi connectivity index (χ2v) is 10.8. The van der Waals surface area contributed by atoms with E-state index in [4.69, 9.17) is 16.7 Å². The third-order valence-electron chi connectivity index (χ3n) is 6.58. The van der Waals surface area contributed by atoms with Crippen LogP contribution in [0.25, 0.3) is 11.3 Å². The lowest BCUT2D eigenvalue weighted by molar-refractivity contribution is 0.102. The molecule has 1 N–H and O–H groups in total. The maximum absolute atomic E-state index is 13.3. The Balaban J connectivity index is 1.23. The van der Waals surface area contributed by atoms with E-state index in [-0.39, 0.29) is 11.8 Å². The van der Waals surface area contributed by atoms with Crippen molar-refractivity contribution in [3.63, 3.8) is 0 Å². The molecule has 0 bridgehead atoms. The lowest BCUT2D eigenvalue weighted by Gasteiger charge is -2.30. The van der Waals surface area contributed by atoms with Gasteiger partial charge in [-0.25, -0.2) is 23.5 Å². The van der Waals surface area contributed by atoms with Gasteiger partial charge in [0.05, 0.1) is 17.6 Å². The highest BCUT2D eigenvalue weighted by Gasteiger charge is 2.26. The first-order chi connectivity index (χ1) is 18.5. The highest BCUT2D eigenvalue weighted by atomic mass is 35.5. The summed E-state index contributed by atoms with van der Waals surface area (Å²) in [7, 11) is 0. The van der Waals surface area contributed by atoms with Crippen LogP contribution in [0.3, 0.4) is 0 Å². The van der Waals surface area contributed by atoms with E-state index in [0.29, 0.717) is 22.2 Å². The van der Waals surface area contributed by atoms with E-state index in [1.54, 1.807) is 41.1 Å². The maximum atomic E-state index is 13.3. The van der Waals surface area contributed by atoms with Crippen molar-refractivity contribution in [1.82, 2.24) is 33.7 Å². The van der Waals surface area contributed by atoms with Crippen molar-refractivity contribution in [1.29, 1.82) is 0 Å². The zero-order valence-corrected chi connectivity index (χ0v) is 22.2. The number of hydrogen-bond donors (Lipinski definition) is 1. The number of nitrogens with zero attached hydrogens (tertiary/aromatic N) is 7. The van der Waals surface area contributed by atoms with Gasteiger partial charge in [0.2, 0.25) is 0 Å². The number of benzene rings is 1. The van der Waals surface area contributed by atoms with E-state index < -0.39 is 0 Å². The zero-order chi connectivity index (χ0) is 26.1. The van der Waals surface area contributed by atoms with Crippen LogP contribution in [-0.4, -0.2) is 52.7 Å². The molecular formula is C27H25ClN8OS. The van der Waals surface area contributed by atoms with Gasteiger partial charge in [0.1, 0.15) is 16.5 Å². The van der Waals surface area contributed by atoms with Gasteiger partial charge in [-0.2, -0.15) is 10.2 Å². The monoisotopic (exact) mass is 544 g/mol. The largest absolute Gasteiger partial charge is 0.306 e. The quantitative estimate of drug-likeness (QED) is 0.225. The molecule has 0 unspecified atom stereocenters. The first kappa shape index (κ1) is 24.6. The molecule has 0 radical (unpaired) electrons. The molecule has 1 amide bonds. The third kappa shape index (κ3) is 5.15. The van der Waals surface area contributed by atoms with E-state index in [0.717, 1.165) is 47.8 Å². The number of aryl methyl sites for hydroxylation is 1. The van der Waals surface area contributed by atoms with Crippen molar-refractivity contribution in [2.45, 2.75) is 30.6 Å². The van der Waals surface area contributed by atoms with Crippen molar-refractivity contribution < 1.29 is 4.79 Å².